The first-order valence-corrected chi connectivity index (χ1v) is 20.8. The molecule has 47 heavy (non-hydrogen) atoms. The lowest BCUT2D eigenvalue weighted by Crippen LogP contribution is -2.40. The van der Waals surface area contributed by atoms with Crippen LogP contribution in [0.15, 0.2) is 121 Å². The summed E-state index contributed by atoms with van der Waals surface area (Å²) in [6.45, 7) is 5.20. The average molecular weight is 661 g/mol. The minimum atomic E-state index is -0.597. The molecule has 4 fully saturated rings. The Kier molecular flexibility index (Phi) is 9.18. The maximum absolute atomic E-state index is 2.93. The molecule has 0 bridgehead atoms. The third-order valence-electron chi connectivity index (χ3n) is 11.1. The topological polar surface area (TPSA) is 13.0 Å². The van der Waals surface area contributed by atoms with Crippen LogP contribution in [0.5, 0.6) is 0 Å². The molecule has 4 aromatic rings. The highest BCUT2D eigenvalue weighted by Crippen LogP contribution is 2.67. The van der Waals surface area contributed by atoms with Crippen molar-refractivity contribution in [3.63, 3.8) is 0 Å². The average Bonchev–Trinajstić information content (AvgIpc) is 3.67. The van der Waals surface area contributed by atoms with Gasteiger partial charge in [-0.25, -0.2) is 0 Å². The van der Waals surface area contributed by atoms with Gasteiger partial charge in [-0.3, -0.25) is 0 Å². The minimum Gasteiger partial charge on any atom is -0.328 e. The van der Waals surface area contributed by atoms with Crippen LogP contribution in [0.4, 0.5) is 22.7 Å². The number of rotatable bonds is 8. The quantitative estimate of drug-likeness (QED) is 0.174. The normalized spacial score (nSPS) is 26.3. The fourth-order valence-corrected chi connectivity index (χ4v) is 16.3. The molecular weight excluding hydrogens is 610 g/mol. The molecule has 2 heterocycles. The van der Waals surface area contributed by atoms with E-state index in [1.54, 1.807) is 0 Å². The molecule has 4 nitrogen and oxygen atoms in total. The van der Waals surface area contributed by atoms with E-state index < -0.39 is 16.4 Å². The molecule has 2 aliphatic heterocycles. The van der Waals surface area contributed by atoms with E-state index in [-0.39, 0.29) is 0 Å². The van der Waals surface area contributed by atoms with Crippen LogP contribution in [-0.4, -0.2) is 35.5 Å². The van der Waals surface area contributed by atoms with Gasteiger partial charge < -0.3 is 18.7 Å². The van der Waals surface area contributed by atoms with Gasteiger partial charge in [0, 0.05) is 34.1 Å². The van der Waals surface area contributed by atoms with E-state index in [2.05, 4.69) is 154 Å². The van der Waals surface area contributed by atoms with Crippen molar-refractivity contribution in [3.05, 3.63) is 121 Å². The van der Waals surface area contributed by atoms with Crippen LogP contribution in [0.25, 0.3) is 0 Å². The van der Waals surface area contributed by atoms with E-state index >= 15 is 0 Å². The number of hydrogen-bond donors (Lipinski definition) is 0. The highest BCUT2D eigenvalue weighted by Gasteiger charge is 2.53. The van der Waals surface area contributed by atoms with E-state index in [9.17, 15) is 0 Å². The SMILES string of the molecule is C[C@H](C[C@@H](C)P1N(c2ccccc2)[C@H]2CCCC[C@@H]2N1c1ccccc1)P1N(c2ccccc2)[C@H]2CCCC[C@@H]2N1c1ccccc1. The van der Waals surface area contributed by atoms with Gasteiger partial charge >= 0.3 is 0 Å². The van der Waals surface area contributed by atoms with Crippen molar-refractivity contribution < 1.29 is 0 Å². The molecule has 0 spiro atoms. The van der Waals surface area contributed by atoms with Crippen molar-refractivity contribution in [2.45, 2.75) is 107 Å². The number of benzene rings is 4. The Morgan fingerprint density at radius 1 is 0.426 bits per heavy atom. The lowest BCUT2D eigenvalue weighted by Gasteiger charge is -2.42. The Labute approximate surface area is 285 Å². The molecule has 0 radical (unpaired) electrons. The van der Waals surface area contributed by atoms with Crippen molar-refractivity contribution in [3.8, 4) is 0 Å². The van der Waals surface area contributed by atoms with Gasteiger partial charge in [-0.05, 0) is 80.6 Å². The smallest absolute Gasteiger partial charge is 0.0988 e. The predicted octanol–water partition coefficient (Wildman–Crippen LogP) is 11.5. The zero-order valence-electron chi connectivity index (χ0n) is 28.1. The second kappa shape index (κ2) is 13.8. The van der Waals surface area contributed by atoms with Gasteiger partial charge in [0.1, 0.15) is 0 Å². The van der Waals surface area contributed by atoms with Gasteiger partial charge in [-0.15, -0.1) is 0 Å². The summed E-state index contributed by atoms with van der Waals surface area (Å²) in [5, 5.41) is 0. The second-order valence-electron chi connectivity index (χ2n) is 14.1. The van der Waals surface area contributed by atoms with Gasteiger partial charge in [0.25, 0.3) is 0 Å². The number of anilines is 4. The van der Waals surface area contributed by atoms with Crippen LogP contribution >= 0.6 is 16.4 Å². The van der Waals surface area contributed by atoms with E-state index in [0.29, 0.717) is 35.5 Å². The first-order chi connectivity index (χ1) is 23.2. The fourth-order valence-electron chi connectivity index (χ4n) is 9.23. The summed E-state index contributed by atoms with van der Waals surface area (Å²) in [5.41, 5.74) is 6.77. The summed E-state index contributed by atoms with van der Waals surface area (Å²) in [7, 11) is -1.19. The van der Waals surface area contributed by atoms with E-state index in [0.717, 1.165) is 0 Å². The largest absolute Gasteiger partial charge is 0.328 e. The van der Waals surface area contributed by atoms with Crippen molar-refractivity contribution in [2.75, 3.05) is 18.7 Å². The van der Waals surface area contributed by atoms with Crippen LogP contribution in [-0.2, 0) is 0 Å². The molecule has 4 aromatic carbocycles. The number of hydrogen-bond acceptors (Lipinski definition) is 4. The third kappa shape index (κ3) is 5.85. The van der Waals surface area contributed by atoms with Crippen LogP contribution < -0.4 is 18.7 Å². The lowest BCUT2D eigenvalue weighted by atomic mass is 9.90. The van der Waals surface area contributed by atoms with E-state index in [4.69, 9.17) is 0 Å². The lowest BCUT2D eigenvalue weighted by molar-refractivity contribution is 0.409. The number of fused-ring (bicyclic) bond motifs is 2. The summed E-state index contributed by atoms with van der Waals surface area (Å²) < 4.78 is 11.7. The Balaban J connectivity index is 1.19. The molecule has 0 aromatic heterocycles. The third-order valence-corrected chi connectivity index (χ3v) is 17.0. The first-order valence-electron chi connectivity index (χ1n) is 18.2. The molecule has 6 heteroatoms. The predicted molar refractivity (Wildman–Crippen MR) is 205 cm³/mol. The Morgan fingerprint density at radius 3 is 0.894 bits per heavy atom. The van der Waals surface area contributed by atoms with Crippen molar-refractivity contribution in [2.24, 2.45) is 0 Å². The molecule has 4 aliphatic rings. The van der Waals surface area contributed by atoms with Crippen LogP contribution in [0.2, 0.25) is 0 Å². The van der Waals surface area contributed by atoms with E-state index in [1.165, 1.54) is 80.5 Å². The van der Waals surface area contributed by atoms with Gasteiger partial charge in [-0.2, -0.15) is 0 Å². The van der Waals surface area contributed by atoms with Gasteiger partial charge in [0.2, 0.25) is 0 Å². The summed E-state index contributed by atoms with van der Waals surface area (Å²) in [4.78, 5) is 0. The molecule has 0 unspecified atom stereocenters. The van der Waals surface area contributed by atoms with Crippen LogP contribution in [0, 0.1) is 0 Å². The maximum Gasteiger partial charge on any atom is 0.0988 e. The van der Waals surface area contributed by atoms with Gasteiger partial charge in [0.05, 0.1) is 40.6 Å². The molecule has 0 N–H and O–H groups in total. The molecule has 8 rings (SSSR count). The molecule has 2 aliphatic carbocycles. The first kappa shape index (κ1) is 31.2. The Hall–Kier alpha value is -3.06. The maximum atomic E-state index is 2.93. The fraction of sp³-hybridized carbons (Fsp3) is 0.415. The number of nitrogens with zero attached hydrogens (tertiary/aromatic N) is 4. The molecule has 2 saturated heterocycles. The molecule has 2 saturated carbocycles. The summed E-state index contributed by atoms with van der Waals surface area (Å²) in [5.74, 6) is 0. The monoisotopic (exact) mass is 660 g/mol. The highest BCUT2D eigenvalue weighted by atomic mass is 31.1. The Morgan fingerprint density at radius 2 is 0.660 bits per heavy atom. The highest BCUT2D eigenvalue weighted by molar-refractivity contribution is 7.63. The van der Waals surface area contributed by atoms with Crippen molar-refractivity contribution in [1.82, 2.24) is 0 Å². The van der Waals surface area contributed by atoms with Gasteiger partial charge in [0.15, 0.2) is 0 Å². The van der Waals surface area contributed by atoms with E-state index in [1.807, 2.05) is 0 Å². The zero-order chi connectivity index (χ0) is 31.7. The zero-order valence-corrected chi connectivity index (χ0v) is 29.8. The minimum absolute atomic E-state index is 0.548. The molecule has 0 amide bonds. The molecule has 244 valence electrons. The standard InChI is InChI=1S/C41H50N4P2/c1-32(46-42(34-19-7-3-8-20-34)38-27-15-16-28-39(38)43(46)35-21-9-4-10-22-35)31-33(2)47-44(36-23-11-5-12-24-36)40-29-17-18-30-41(40)45(47)37-25-13-6-14-26-37/h3-14,19-26,32-33,38-41H,15-18,27-31H2,1-2H3/t32-,33-,38+,39+,40+,41+/m1/s1. The van der Waals surface area contributed by atoms with Gasteiger partial charge in [-0.1, -0.05) is 112 Å². The van der Waals surface area contributed by atoms with Crippen LogP contribution in [0.1, 0.15) is 71.6 Å². The second-order valence-corrected chi connectivity index (χ2v) is 18.9. The summed E-state index contributed by atoms with van der Waals surface area (Å²) in [6.07, 6.45) is 11.8. The molecule has 6 atom stereocenters. The van der Waals surface area contributed by atoms with Crippen molar-refractivity contribution >= 4 is 39.2 Å². The summed E-state index contributed by atoms with van der Waals surface area (Å²) in [6, 6.07) is 48.1. The molecular formula is C41H50N4P2. The Bertz CT molecular complexity index is 1340. The summed E-state index contributed by atoms with van der Waals surface area (Å²) >= 11 is 0. The van der Waals surface area contributed by atoms with Crippen LogP contribution in [0.3, 0.4) is 0 Å². The number of para-hydroxylation sites is 4. The van der Waals surface area contributed by atoms with Crippen molar-refractivity contribution in [1.29, 1.82) is 0 Å².